The van der Waals surface area contributed by atoms with E-state index in [9.17, 15) is 17.2 Å². The predicted molar refractivity (Wildman–Crippen MR) is 70.6 cm³/mol. The number of nitrogen functional groups attached to an aromatic ring is 1. The summed E-state index contributed by atoms with van der Waals surface area (Å²) in [6.07, 6.45) is 0. The van der Waals surface area contributed by atoms with E-state index in [1.54, 1.807) is 0 Å². The fourth-order valence-corrected chi connectivity index (χ4v) is 2.88. The summed E-state index contributed by atoms with van der Waals surface area (Å²) < 4.78 is 52.5. The molecule has 0 fully saturated rings. The number of halogens is 2. The first-order chi connectivity index (χ1) is 9.29. The Labute approximate surface area is 114 Å². The normalized spacial score (nSPS) is 11.3. The summed E-state index contributed by atoms with van der Waals surface area (Å²) in [5.74, 6) is -1.70. The van der Waals surface area contributed by atoms with Gasteiger partial charge < -0.3 is 5.73 Å². The van der Waals surface area contributed by atoms with Crippen LogP contribution in [0, 0.1) is 18.7 Å². The zero-order chi connectivity index (χ0) is 14.9. The Hall–Kier alpha value is -2.22. The number of rotatable bonds is 3. The lowest BCUT2D eigenvalue weighted by Crippen LogP contribution is -2.16. The zero-order valence-electron chi connectivity index (χ0n) is 10.4. The maximum atomic E-state index is 13.2. The molecule has 0 atom stereocenters. The molecule has 2 aromatic rings. The Kier molecular flexibility index (Phi) is 3.58. The number of hydrogen-bond acceptors (Lipinski definition) is 4. The molecule has 1 aromatic carbocycles. The van der Waals surface area contributed by atoms with E-state index in [0.29, 0.717) is 0 Å². The molecule has 1 heterocycles. The van der Waals surface area contributed by atoms with E-state index in [4.69, 9.17) is 5.73 Å². The highest BCUT2D eigenvalue weighted by molar-refractivity contribution is 7.92. The number of aromatic nitrogens is 1. The first-order valence-electron chi connectivity index (χ1n) is 5.50. The molecule has 8 heteroatoms. The number of hydrogen-bond donors (Lipinski definition) is 2. The molecule has 0 amide bonds. The van der Waals surface area contributed by atoms with Gasteiger partial charge in [-0.2, -0.15) is 4.39 Å². The summed E-state index contributed by atoms with van der Waals surface area (Å²) in [6, 6.07) is 5.71. The minimum Gasteiger partial charge on any atom is -0.396 e. The van der Waals surface area contributed by atoms with Gasteiger partial charge in [-0.1, -0.05) is 6.07 Å². The number of anilines is 2. The third-order valence-electron chi connectivity index (χ3n) is 2.54. The third kappa shape index (κ3) is 2.85. The van der Waals surface area contributed by atoms with Gasteiger partial charge in [0.25, 0.3) is 10.0 Å². The molecule has 5 nitrogen and oxygen atoms in total. The topological polar surface area (TPSA) is 85.1 Å². The molecule has 3 N–H and O–H groups in total. The largest absolute Gasteiger partial charge is 0.396 e. The second kappa shape index (κ2) is 5.04. The molecule has 0 radical (unpaired) electrons. The second-order valence-electron chi connectivity index (χ2n) is 4.09. The van der Waals surface area contributed by atoms with Gasteiger partial charge in [0.05, 0.1) is 10.6 Å². The molecule has 20 heavy (non-hydrogen) atoms. The van der Waals surface area contributed by atoms with Gasteiger partial charge in [-0.05, 0) is 36.8 Å². The van der Waals surface area contributed by atoms with Gasteiger partial charge in [0.15, 0.2) is 0 Å². The summed E-state index contributed by atoms with van der Waals surface area (Å²) in [5, 5.41) is 0. The number of aryl methyl sites for hydroxylation is 1. The van der Waals surface area contributed by atoms with Crippen LogP contribution >= 0.6 is 0 Å². The van der Waals surface area contributed by atoms with Crippen molar-refractivity contribution in [1.82, 2.24) is 4.98 Å². The van der Waals surface area contributed by atoms with E-state index < -0.39 is 21.8 Å². The first kappa shape index (κ1) is 14.2. The first-order valence-corrected chi connectivity index (χ1v) is 6.99. The summed E-state index contributed by atoms with van der Waals surface area (Å²) in [6.45, 7) is 1.43. The van der Waals surface area contributed by atoms with Crippen molar-refractivity contribution in [3.8, 4) is 0 Å². The molecule has 0 aliphatic carbocycles. The van der Waals surface area contributed by atoms with Crippen molar-refractivity contribution < 1.29 is 17.2 Å². The van der Waals surface area contributed by atoms with E-state index in [1.165, 1.54) is 19.1 Å². The van der Waals surface area contributed by atoms with Crippen LogP contribution in [0.2, 0.25) is 0 Å². The summed E-state index contributed by atoms with van der Waals surface area (Å²) in [4.78, 5) is 3.20. The molecular weight excluding hydrogens is 288 g/mol. The number of nitrogens with zero attached hydrogens (tertiary/aromatic N) is 1. The van der Waals surface area contributed by atoms with Crippen molar-refractivity contribution in [3.05, 3.63) is 47.7 Å². The van der Waals surface area contributed by atoms with E-state index >= 15 is 0 Å². The highest BCUT2D eigenvalue weighted by atomic mass is 32.2. The van der Waals surface area contributed by atoms with Crippen molar-refractivity contribution in [2.24, 2.45) is 0 Å². The van der Waals surface area contributed by atoms with E-state index in [2.05, 4.69) is 9.71 Å². The fraction of sp³-hybridized carbons (Fsp3) is 0.0833. The molecule has 1 aromatic heterocycles. The SMILES string of the molecule is Cc1cc(F)c(N)cc1S(=O)(=O)Nc1cccc(F)n1. The number of sulfonamides is 1. The Morgan fingerprint density at radius 3 is 2.60 bits per heavy atom. The van der Waals surface area contributed by atoms with E-state index in [-0.39, 0.29) is 22.0 Å². The van der Waals surface area contributed by atoms with Gasteiger partial charge in [0, 0.05) is 0 Å². The average Bonchev–Trinajstić information content (AvgIpc) is 2.33. The van der Waals surface area contributed by atoms with Crippen molar-refractivity contribution in [3.63, 3.8) is 0 Å². The predicted octanol–water partition coefficient (Wildman–Crippen LogP) is 2.05. The summed E-state index contributed by atoms with van der Waals surface area (Å²) >= 11 is 0. The Bertz CT molecular complexity index is 763. The standard InChI is InChI=1S/C12H11F2N3O2S/c1-7-5-8(13)9(15)6-10(7)20(18,19)17-12-4-2-3-11(14)16-12/h2-6H,15H2,1H3,(H,16,17). The minimum atomic E-state index is -4.03. The molecule has 0 aliphatic rings. The molecular formula is C12H11F2N3O2S. The van der Waals surface area contributed by atoms with Crippen LogP contribution in [0.4, 0.5) is 20.3 Å². The molecule has 0 saturated carbocycles. The molecule has 0 saturated heterocycles. The summed E-state index contributed by atoms with van der Waals surface area (Å²) in [7, 11) is -4.03. The van der Waals surface area contributed by atoms with Crippen LogP contribution in [0.1, 0.15) is 5.56 Å². The molecule has 0 unspecified atom stereocenters. The van der Waals surface area contributed by atoms with Crippen LogP contribution in [0.5, 0.6) is 0 Å². The monoisotopic (exact) mass is 299 g/mol. The van der Waals surface area contributed by atoms with Crippen LogP contribution in [-0.2, 0) is 10.0 Å². The van der Waals surface area contributed by atoms with Crippen molar-refractivity contribution in [1.29, 1.82) is 0 Å². The third-order valence-corrected chi connectivity index (χ3v) is 4.03. The lowest BCUT2D eigenvalue weighted by Gasteiger charge is -2.11. The zero-order valence-corrected chi connectivity index (χ0v) is 11.2. The quantitative estimate of drug-likeness (QED) is 0.671. The van der Waals surface area contributed by atoms with Gasteiger partial charge in [-0.3, -0.25) is 4.72 Å². The number of nitrogens with two attached hydrogens (primary N) is 1. The van der Waals surface area contributed by atoms with Crippen LogP contribution < -0.4 is 10.5 Å². The lowest BCUT2D eigenvalue weighted by molar-refractivity contribution is 0.584. The van der Waals surface area contributed by atoms with Crippen LogP contribution in [0.15, 0.2) is 35.2 Å². The highest BCUT2D eigenvalue weighted by Gasteiger charge is 2.19. The molecule has 0 spiro atoms. The van der Waals surface area contributed by atoms with Gasteiger partial charge in [0.1, 0.15) is 11.6 Å². The Balaban J connectivity index is 2.43. The smallest absolute Gasteiger partial charge is 0.263 e. The van der Waals surface area contributed by atoms with Crippen LogP contribution in [0.3, 0.4) is 0 Å². The molecule has 0 aliphatic heterocycles. The minimum absolute atomic E-state index is 0.174. The van der Waals surface area contributed by atoms with Crippen molar-refractivity contribution >= 4 is 21.5 Å². The van der Waals surface area contributed by atoms with Gasteiger partial charge >= 0.3 is 0 Å². The van der Waals surface area contributed by atoms with Crippen LogP contribution in [0.25, 0.3) is 0 Å². The number of nitrogens with one attached hydrogen (secondary N) is 1. The van der Waals surface area contributed by atoms with E-state index in [0.717, 1.165) is 18.2 Å². The average molecular weight is 299 g/mol. The maximum absolute atomic E-state index is 13.2. The van der Waals surface area contributed by atoms with Gasteiger partial charge in [-0.25, -0.2) is 17.8 Å². The van der Waals surface area contributed by atoms with Gasteiger partial charge in [0.2, 0.25) is 5.95 Å². The Morgan fingerprint density at radius 2 is 1.95 bits per heavy atom. The molecule has 2 rings (SSSR count). The fourth-order valence-electron chi connectivity index (χ4n) is 1.62. The highest BCUT2D eigenvalue weighted by Crippen LogP contribution is 2.23. The molecule has 0 bridgehead atoms. The number of benzene rings is 1. The molecule has 106 valence electrons. The number of pyridine rings is 1. The van der Waals surface area contributed by atoms with Crippen molar-refractivity contribution in [2.75, 3.05) is 10.5 Å². The second-order valence-corrected chi connectivity index (χ2v) is 5.74. The lowest BCUT2D eigenvalue weighted by atomic mass is 10.2. The van der Waals surface area contributed by atoms with Crippen molar-refractivity contribution in [2.45, 2.75) is 11.8 Å². The summed E-state index contributed by atoms with van der Waals surface area (Å²) in [5.41, 5.74) is 5.25. The van der Waals surface area contributed by atoms with Crippen LogP contribution in [-0.4, -0.2) is 13.4 Å². The van der Waals surface area contributed by atoms with Gasteiger partial charge in [-0.15, -0.1) is 0 Å². The Morgan fingerprint density at radius 1 is 1.25 bits per heavy atom. The maximum Gasteiger partial charge on any atom is 0.263 e. The van der Waals surface area contributed by atoms with E-state index in [1.807, 2.05) is 0 Å².